The zero-order valence-electron chi connectivity index (χ0n) is 9.53. The molecule has 0 atom stereocenters. The quantitative estimate of drug-likeness (QED) is 0.681. The van der Waals surface area contributed by atoms with E-state index in [1.807, 2.05) is 11.8 Å². The fraction of sp³-hybridized carbons (Fsp3) is 0.286. The second kappa shape index (κ2) is 5.24. The first-order valence-corrected chi connectivity index (χ1v) is 7.15. The molecule has 84 valence electrons. The van der Waals surface area contributed by atoms with Crippen molar-refractivity contribution in [3.8, 4) is 0 Å². The van der Waals surface area contributed by atoms with Gasteiger partial charge in [-0.25, -0.2) is 0 Å². The van der Waals surface area contributed by atoms with Gasteiger partial charge in [-0.3, -0.25) is 0 Å². The van der Waals surface area contributed by atoms with Gasteiger partial charge >= 0.3 is 0 Å². The van der Waals surface area contributed by atoms with Crippen molar-refractivity contribution in [1.29, 1.82) is 0 Å². The smallest absolute Gasteiger partial charge is 0.0211 e. The van der Waals surface area contributed by atoms with E-state index in [4.69, 9.17) is 0 Å². The van der Waals surface area contributed by atoms with E-state index < -0.39 is 0 Å². The van der Waals surface area contributed by atoms with Crippen LogP contribution in [0.3, 0.4) is 0 Å². The first-order valence-electron chi connectivity index (χ1n) is 5.48. The van der Waals surface area contributed by atoms with Crippen LogP contribution in [0, 0.1) is 0 Å². The lowest BCUT2D eigenvalue weighted by molar-refractivity contribution is 1.11. The van der Waals surface area contributed by atoms with E-state index in [9.17, 15) is 0 Å². The molecular weight excluding hydrogens is 280 g/mol. The zero-order chi connectivity index (χ0) is 11.5. The minimum Gasteiger partial charge on any atom is -0.123 e. The average Bonchev–Trinajstić information content (AvgIpc) is 2.54. The molecule has 2 aliphatic carbocycles. The lowest BCUT2D eigenvalue weighted by Crippen LogP contribution is -1.92. The standard InChI is InChI=1S/C14H15BrS/c1-10(2)16-14-8-7-13(15)11-5-3-4-6-12(14)9-11/h3-8,10H,9H2,1-2H3. The van der Waals surface area contributed by atoms with Crippen LogP contribution in [0.4, 0.5) is 0 Å². The predicted octanol–water partition coefficient (Wildman–Crippen LogP) is 5.12. The number of hydrogen-bond acceptors (Lipinski definition) is 1. The molecule has 0 amide bonds. The molecule has 0 unspecified atom stereocenters. The number of halogens is 1. The van der Waals surface area contributed by atoms with Crippen LogP contribution in [0.1, 0.15) is 20.3 Å². The monoisotopic (exact) mass is 294 g/mol. The van der Waals surface area contributed by atoms with E-state index in [-0.39, 0.29) is 0 Å². The molecule has 0 aromatic heterocycles. The summed E-state index contributed by atoms with van der Waals surface area (Å²) in [6.07, 6.45) is 14.1. The van der Waals surface area contributed by atoms with Crippen LogP contribution in [0.25, 0.3) is 0 Å². The number of fused-ring (bicyclic) bond motifs is 2. The van der Waals surface area contributed by atoms with Gasteiger partial charge in [0.2, 0.25) is 0 Å². The Hall–Kier alpha value is -0.470. The normalized spacial score (nSPS) is 19.5. The Kier molecular flexibility index (Phi) is 3.93. The van der Waals surface area contributed by atoms with Crippen molar-refractivity contribution in [3.05, 3.63) is 57.0 Å². The number of rotatable bonds is 2. The van der Waals surface area contributed by atoms with Crippen LogP contribution in [-0.4, -0.2) is 5.25 Å². The van der Waals surface area contributed by atoms with Crippen molar-refractivity contribution in [2.45, 2.75) is 25.5 Å². The highest BCUT2D eigenvalue weighted by molar-refractivity contribution is 9.12. The van der Waals surface area contributed by atoms with Crippen molar-refractivity contribution in [3.63, 3.8) is 0 Å². The van der Waals surface area contributed by atoms with Crippen molar-refractivity contribution >= 4 is 27.7 Å². The van der Waals surface area contributed by atoms with Gasteiger partial charge in [-0.2, -0.15) is 0 Å². The van der Waals surface area contributed by atoms with Crippen molar-refractivity contribution in [2.24, 2.45) is 0 Å². The maximum atomic E-state index is 3.63. The second-order valence-electron chi connectivity index (χ2n) is 4.16. The summed E-state index contributed by atoms with van der Waals surface area (Å²) in [5.41, 5.74) is 2.78. The maximum Gasteiger partial charge on any atom is 0.0211 e. The summed E-state index contributed by atoms with van der Waals surface area (Å²) in [6.45, 7) is 4.47. The minimum absolute atomic E-state index is 0.622. The molecule has 0 saturated carbocycles. The van der Waals surface area contributed by atoms with Gasteiger partial charge < -0.3 is 0 Å². The SMILES string of the molecule is CC(C)SC1=CC=C(Br)C2=CC=CC=C1C2. The van der Waals surface area contributed by atoms with E-state index in [1.165, 1.54) is 20.5 Å². The summed E-state index contributed by atoms with van der Waals surface area (Å²) in [6, 6.07) is 0. The highest BCUT2D eigenvalue weighted by Gasteiger charge is 2.15. The van der Waals surface area contributed by atoms with E-state index >= 15 is 0 Å². The minimum atomic E-state index is 0.622. The summed E-state index contributed by atoms with van der Waals surface area (Å²) in [5, 5.41) is 0.622. The van der Waals surface area contributed by atoms with Gasteiger partial charge in [-0.1, -0.05) is 54.1 Å². The van der Waals surface area contributed by atoms with Crippen LogP contribution in [-0.2, 0) is 0 Å². The van der Waals surface area contributed by atoms with Gasteiger partial charge in [0.05, 0.1) is 0 Å². The predicted molar refractivity (Wildman–Crippen MR) is 77.7 cm³/mol. The van der Waals surface area contributed by atoms with Gasteiger partial charge in [0.15, 0.2) is 0 Å². The molecule has 0 aromatic carbocycles. The van der Waals surface area contributed by atoms with E-state index in [1.54, 1.807) is 0 Å². The average molecular weight is 295 g/mol. The molecule has 0 aliphatic heterocycles. The number of thioether (sulfide) groups is 1. The van der Waals surface area contributed by atoms with E-state index in [0.717, 1.165) is 6.42 Å². The Morgan fingerprint density at radius 1 is 1.06 bits per heavy atom. The molecule has 2 heteroatoms. The molecule has 0 radical (unpaired) electrons. The molecule has 0 saturated heterocycles. The fourth-order valence-corrected chi connectivity index (χ4v) is 3.08. The fourth-order valence-electron chi connectivity index (χ4n) is 1.73. The van der Waals surface area contributed by atoms with Gasteiger partial charge in [0.25, 0.3) is 0 Å². The summed E-state index contributed by atoms with van der Waals surface area (Å²) in [7, 11) is 0. The Morgan fingerprint density at radius 3 is 2.44 bits per heavy atom. The lowest BCUT2D eigenvalue weighted by Gasteiger charge is -2.12. The number of allylic oxidation sites excluding steroid dienone is 9. The molecule has 16 heavy (non-hydrogen) atoms. The maximum absolute atomic E-state index is 3.63. The molecule has 0 nitrogen and oxygen atoms in total. The van der Waals surface area contributed by atoms with Crippen molar-refractivity contribution in [1.82, 2.24) is 0 Å². The molecule has 0 spiro atoms. The third-order valence-electron chi connectivity index (χ3n) is 2.45. The molecule has 2 bridgehead atoms. The largest absolute Gasteiger partial charge is 0.123 e. The molecule has 2 aliphatic rings. The molecule has 0 fully saturated rings. The summed E-state index contributed by atoms with van der Waals surface area (Å²) in [4.78, 5) is 1.39. The lowest BCUT2D eigenvalue weighted by atomic mass is 10.1. The molecule has 2 rings (SSSR count). The Bertz CT molecular complexity index is 434. The van der Waals surface area contributed by atoms with Gasteiger partial charge in [-0.15, -0.1) is 11.8 Å². The Balaban J connectivity index is 2.37. The van der Waals surface area contributed by atoms with Crippen LogP contribution >= 0.6 is 27.7 Å². The Labute approximate surface area is 110 Å². The topological polar surface area (TPSA) is 0 Å². The van der Waals surface area contributed by atoms with Crippen LogP contribution in [0.2, 0.25) is 0 Å². The third-order valence-corrected chi connectivity index (χ3v) is 4.35. The molecule has 0 N–H and O–H groups in total. The molecule has 0 aromatic rings. The number of hydrogen-bond donors (Lipinski definition) is 0. The summed E-state index contributed by atoms with van der Waals surface area (Å²) in [5.74, 6) is 0. The first kappa shape index (κ1) is 12.0. The third kappa shape index (κ3) is 2.80. The van der Waals surface area contributed by atoms with Gasteiger partial charge in [0, 0.05) is 14.6 Å². The summed E-state index contributed by atoms with van der Waals surface area (Å²) < 4.78 is 1.20. The zero-order valence-corrected chi connectivity index (χ0v) is 11.9. The van der Waals surface area contributed by atoms with Crippen LogP contribution < -0.4 is 0 Å². The summed E-state index contributed by atoms with van der Waals surface area (Å²) >= 11 is 5.57. The van der Waals surface area contributed by atoms with Crippen LogP contribution in [0.5, 0.6) is 0 Å². The van der Waals surface area contributed by atoms with E-state index in [2.05, 4.69) is 66.2 Å². The Morgan fingerprint density at radius 2 is 1.75 bits per heavy atom. The van der Waals surface area contributed by atoms with Gasteiger partial charge in [0.1, 0.15) is 0 Å². The van der Waals surface area contributed by atoms with Crippen LogP contribution in [0.15, 0.2) is 57.0 Å². The van der Waals surface area contributed by atoms with E-state index in [0.29, 0.717) is 5.25 Å². The first-order chi connectivity index (χ1) is 7.66. The van der Waals surface area contributed by atoms with Gasteiger partial charge in [-0.05, 0) is 29.7 Å². The van der Waals surface area contributed by atoms with Crippen molar-refractivity contribution < 1.29 is 0 Å². The second-order valence-corrected chi connectivity index (χ2v) is 6.63. The molecule has 0 heterocycles. The molecular formula is C14H15BrS. The highest BCUT2D eigenvalue weighted by Crippen LogP contribution is 2.38. The highest BCUT2D eigenvalue weighted by atomic mass is 79.9. The van der Waals surface area contributed by atoms with Crippen molar-refractivity contribution in [2.75, 3.05) is 0 Å².